The van der Waals surface area contributed by atoms with Gasteiger partial charge in [0, 0.05) is 70.3 Å². The van der Waals surface area contributed by atoms with Crippen LogP contribution in [0.2, 0.25) is 0 Å². The first kappa shape index (κ1) is 93.7. The van der Waals surface area contributed by atoms with Crippen molar-refractivity contribution in [2.75, 3.05) is 65.8 Å². The number of ether oxygens (including phenoxy) is 6. The van der Waals surface area contributed by atoms with Crippen LogP contribution in [-0.2, 0) is 0 Å². The fourth-order valence-electron chi connectivity index (χ4n) is 17.0. The summed E-state index contributed by atoms with van der Waals surface area (Å²) >= 11 is 0. The van der Waals surface area contributed by atoms with Crippen LogP contribution in [0.4, 0.5) is 0 Å². The molecule has 0 spiro atoms. The van der Waals surface area contributed by atoms with Crippen molar-refractivity contribution < 1.29 is 57.2 Å². The first-order chi connectivity index (χ1) is 56.5. The van der Waals surface area contributed by atoms with Gasteiger partial charge in [0.05, 0.1) is 39.6 Å². The zero-order valence-corrected chi connectivity index (χ0v) is 75.7. The summed E-state index contributed by atoms with van der Waals surface area (Å²) in [6.45, 7) is 43.3. The monoisotopic (exact) mass is 1620 g/mol. The van der Waals surface area contributed by atoms with E-state index in [1.807, 2.05) is 24.3 Å². The molecule has 16 heteroatoms. The normalized spacial score (nSPS) is 14.7. The van der Waals surface area contributed by atoms with Crippen molar-refractivity contribution >= 4 is 78.5 Å². The Morgan fingerprint density at radius 1 is 0.280 bits per heavy atom. The van der Waals surface area contributed by atoms with Gasteiger partial charge in [0.25, 0.3) is 35.4 Å². The molecule has 2 heterocycles. The predicted molar refractivity (Wildman–Crippen MR) is 484 cm³/mol. The molecule has 0 saturated carbocycles. The summed E-state index contributed by atoms with van der Waals surface area (Å²) in [5, 5.41) is 11.7. The number of hydrogen-bond donors (Lipinski definition) is 2. The van der Waals surface area contributed by atoms with E-state index in [1.165, 1.54) is 61.2 Å². The van der Waals surface area contributed by atoms with Crippen molar-refractivity contribution in [2.24, 2.45) is 71.0 Å². The Morgan fingerprint density at radius 3 is 0.703 bits per heavy atom. The molecule has 16 nitrogen and oxygen atoms in total. The van der Waals surface area contributed by atoms with Crippen molar-refractivity contribution in [3.8, 4) is 34.5 Å². The van der Waals surface area contributed by atoms with Crippen molar-refractivity contribution in [2.45, 2.75) is 279 Å². The van der Waals surface area contributed by atoms with E-state index in [9.17, 15) is 28.8 Å². The van der Waals surface area contributed by atoms with Crippen LogP contribution < -0.4 is 39.1 Å². The lowest BCUT2D eigenvalue weighted by Gasteiger charge is -2.30. The molecular formula is C102H148N4O12. The van der Waals surface area contributed by atoms with Gasteiger partial charge in [0.1, 0.15) is 0 Å². The number of fused-ring (bicyclic) bond motifs is 2. The highest BCUT2D eigenvalue weighted by Crippen LogP contribution is 2.48. The summed E-state index contributed by atoms with van der Waals surface area (Å²) in [6, 6.07) is 21.6. The lowest BCUT2D eigenvalue weighted by Crippen LogP contribution is -2.44. The van der Waals surface area contributed by atoms with Crippen molar-refractivity contribution in [1.82, 2.24) is 20.4 Å². The van der Waals surface area contributed by atoms with Gasteiger partial charge >= 0.3 is 0 Å². The van der Waals surface area contributed by atoms with Gasteiger partial charge in [-0.2, -0.15) is 0 Å². The minimum atomic E-state index is -0.479. The first-order valence-corrected chi connectivity index (χ1v) is 46.1. The van der Waals surface area contributed by atoms with E-state index in [-0.39, 0.29) is 26.2 Å². The van der Waals surface area contributed by atoms with Gasteiger partial charge in [-0.25, -0.2) is 0 Å². The van der Waals surface area contributed by atoms with E-state index in [0.29, 0.717) is 189 Å². The second kappa shape index (κ2) is 46.0. The van der Waals surface area contributed by atoms with Crippen LogP contribution in [0.5, 0.6) is 34.5 Å². The van der Waals surface area contributed by atoms with Gasteiger partial charge in [0.15, 0.2) is 23.0 Å². The fourth-order valence-corrected chi connectivity index (χ4v) is 17.0. The Hall–Kier alpha value is -8.14. The molecule has 0 aromatic heterocycles. The van der Waals surface area contributed by atoms with Crippen LogP contribution in [0.3, 0.4) is 0 Å². The molecule has 0 unspecified atom stereocenters. The Morgan fingerprint density at radius 2 is 0.492 bits per heavy atom. The molecule has 9 rings (SSSR count). The van der Waals surface area contributed by atoms with Gasteiger partial charge in [-0.15, -0.1) is 0 Å². The molecule has 7 aromatic carbocycles. The Labute approximate surface area is 708 Å². The number of nitrogens with one attached hydrogen (secondary N) is 2. The largest absolute Gasteiger partial charge is 0.490 e. The summed E-state index contributed by atoms with van der Waals surface area (Å²) in [6.07, 6.45) is 25.8. The maximum Gasteiger partial charge on any atom is 0.261 e. The van der Waals surface area contributed by atoms with Crippen LogP contribution >= 0.6 is 0 Å². The van der Waals surface area contributed by atoms with Crippen LogP contribution in [0.15, 0.2) is 72.8 Å². The smallest absolute Gasteiger partial charge is 0.261 e. The zero-order chi connectivity index (χ0) is 85.3. The van der Waals surface area contributed by atoms with Gasteiger partial charge in [-0.05, 0) is 190 Å². The van der Waals surface area contributed by atoms with E-state index in [2.05, 4.69) is 135 Å². The molecule has 2 aliphatic rings. The molecule has 2 N–H and O–H groups in total. The molecule has 0 radical (unpaired) electrons. The van der Waals surface area contributed by atoms with E-state index < -0.39 is 35.4 Å². The minimum Gasteiger partial charge on any atom is -0.490 e. The predicted octanol–water partition coefficient (Wildman–Crippen LogP) is 25.2. The topological polar surface area (TPSA) is 188 Å². The van der Waals surface area contributed by atoms with Crippen LogP contribution in [0.25, 0.3) is 43.1 Å². The number of carbonyl (C=O) groups is 6. The Kier molecular flexibility index (Phi) is 36.6. The number of amides is 6. The minimum absolute atomic E-state index is 0.0245. The van der Waals surface area contributed by atoms with E-state index in [4.69, 9.17) is 28.4 Å². The maximum atomic E-state index is 14.9. The van der Waals surface area contributed by atoms with Crippen LogP contribution in [0.1, 0.15) is 341 Å². The van der Waals surface area contributed by atoms with Gasteiger partial charge < -0.3 is 39.1 Å². The molecule has 0 fully saturated rings. The van der Waals surface area contributed by atoms with Crippen LogP contribution in [-0.4, -0.2) is 111 Å². The molecule has 6 atom stereocenters. The average molecular weight is 1620 g/mol. The van der Waals surface area contributed by atoms with Crippen molar-refractivity contribution in [3.63, 3.8) is 0 Å². The molecule has 648 valence electrons. The first-order valence-electron chi connectivity index (χ1n) is 46.1. The number of rotatable bonds is 56. The molecule has 6 amide bonds. The van der Waals surface area contributed by atoms with E-state index in [0.717, 1.165) is 135 Å². The molecule has 7 aromatic rings. The number of benzene rings is 7. The second-order valence-electron chi connectivity index (χ2n) is 38.2. The zero-order valence-electron chi connectivity index (χ0n) is 75.7. The Balaban J connectivity index is 0.918. The van der Waals surface area contributed by atoms with Crippen molar-refractivity contribution in [3.05, 3.63) is 106 Å². The lowest BCUT2D eigenvalue weighted by molar-refractivity contribution is 0.0594. The molecular weight excluding hydrogens is 1470 g/mol. The molecule has 0 aliphatic carbocycles. The van der Waals surface area contributed by atoms with Crippen molar-refractivity contribution in [1.29, 1.82) is 0 Å². The molecule has 0 saturated heterocycles. The number of hydrogen-bond acceptors (Lipinski definition) is 12. The summed E-state index contributed by atoms with van der Waals surface area (Å²) in [7, 11) is 0. The number of nitrogens with zero attached hydrogens (tertiary/aromatic N) is 2. The lowest BCUT2D eigenvalue weighted by atomic mass is 9.82. The second-order valence-corrected chi connectivity index (χ2v) is 38.2. The quantitative estimate of drug-likeness (QED) is 0.0209. The third kappa shape index (κ3) is 26.4. The number of imide groups is 2. The third-order valence-electron chi connectivity index (χ3n) is 24.7. The highest BCUT2D eigenvalue weighted by atomic mass is 16.5. The van der Waals surface area contributed by atoms with E-state index in [1.54, 1.807) is 48.5 Å². The summed E-state index contributed by atoms with van der Waals surface area (Å²) in [5.74, 6) is 6.72. The SMILES string of the molecule is CC(C)CCC[C@H](C)CCOc1cc(C(=O)NCCN2C(=O)c3ccc4c5ccc6c7c(ccc(c8ccc(c3c48)C2=O)c75)C(=O)N(CCNC(=O)c2cc(OCC[C@@H](C)CCCC(C)C)c(OCC[C@@H](C)CCCC(C)C)c(OCC[C@@H](C)CCCC(C)C)c2)C6=O)cc(OCC[C@@H](C)CCCC(C)C)c1OCC[C@@H](C)CCCC(C)C. The molecule has 0 bridgehead atoms. The fraction of sp³-hybridized carbons (Fsp3) is 0.627. The Bertz CT molecular complexity index is 3930. The van der Waals surface area contributed by atoms with Gasteiger partial charge in [-0.1, -0.05) is 264 Å². The van der Waals surface area contributed by atoms with E-state index >= 15 is 0 Å². The highest BCUT2D eigenvalue weighted by molar-refractivity contribution is 6.41. The standard InChI is InChI=1S/C102H148N4O12/c1-65(2)25-19-31-71(13)45-55-113-87-61-77(62-88(114-56-46-72(14)32-20-26-66(3)4)95(87)117-59-49-75(17)35-23-29-69(9)10)97(107)103-51-53-105-99(109)83-41-37-79-81-39-43-85-94-86(44-40-82(92(81)94)80-38-42-84(100(105)110)93(83)91(79)80)102(112)106(101(85)111)54-52-104-98(108)78-63-89(115-57-47-73(15)33-21-27-67(5)6)96(118-60-50-76(18)36-24-30-70(11)12)90(64-78)116-58-48-74(16)34-22-28-68(7)8/h37-44,61-76H,19-36,45-60H2,1-18H3,(H,103,107)(H,104,108)/t71-,72-,73-,74-,75-,76-/m0/s1. The highest BCUT2D eigenvalue weighted by Gasteiger charge is 2.38. The third-order valence-corrected chi connectivity index (χ3v) is 24.7. The average Bonchev–Trinajstić information content (AvgIpc) is 0.691. The molecule has 2 aliphatic heterocycles. The van der Waals surface area contributed by atoms with Gasteiger partial charge in [-0.3, -0.25) is 38.6 Å². The van der Waals surface area contributed by atoms with Crippen LogP contribution in [0, 0.1) is 71.0 Å². The maximum absolute atomic E-state index is 14.9. The number of carbonyl (C=O) groups excluding carboxylic acids is 6. The molecule has 118 heavy (non-hydrogen) atoms. The summed E-state index contributed by atoms with van der Waals surface area (Å²) < 4.78 is 40.0. The summed E-state index contributed by atoms with van der Waals surface area (Å²) in [4.78, 5) is 91.2. The van der Waals surface area contributed by atoms with Gasteiger partial charge in [0.2, 0.25) is 11.5 Å². The summed E-state index contributed by atoms with van der Waals surface area (Å²) in [5.41, 5.74) is 2.06.